The molecule has 1 fully saturated rings. The molecule has 1 aromatic heterocycles. The molecule has 184 valence electrons. The molecule has 2 aliphatic rings. The van der Waals surface area contributed by atoms with E-state index in [2.05, 4.69) is 11.8 Å². The average molecular weight is 481 g/mol. The van der Waals surface area contributed by atoms with E-state index in [1.165, 1.54) is 18.2 Å². The van der Waals surface area contributed by atoms with Gasteiger partial charge in [-0.15, -0.1) is 0 Å². The Hall–Kier alpha value is -3.23. The van der Waals surface area contributed by atoms with E-state index in [1.54, 1.807) is 4.90 Å². The predicted octanol–water partition coefficient (Wildman–Crippen LogP) is 3.99. The van der Waals surface area contributed by atoms with Crippen molar-refractivity contribution in [3.8, 4) is 5.75 Å². The van der Waals surface area contributed by atoms with Crippen LogP contribution in [-0.2, 0) is 4.74 Å². The summed E-state index contributed by atoms with van der Waals surface area (Å²) in [7, 11) is 0. The molecular weight excluding hydrogens is 451 g/mol. The highest BCUT2D eigenvalue weighted by Crippen LogP contribution is 2.38. The lowest BCUT2D eigenvalue weighted by atomic mass is 9.98. The number of fused-ring (bicyclic) bond motifs is 2. The minimum absolute atomic E-state index is 0.0318. The van der Waals surface area contributed by atoms with E-state index >= 15 is 0 Å². The number of nitrogens with zero attached hydrogens (tertiary/aromatic N) is 2. The lowest BCUT2D eigenvalue weighted by Crippen LogP contribution is -2.42. The van der Waals surface area contributed by atoms with E-state index in [9.17, 15) is 14.0 Å². The maximum Gasteiger partial charge on any atom is 0.290 e. The molecule has 0 radical (unpaired) electrons. The van der Waals surface area contributed by atoms with Crippen LogP contribution in [0.2, 0.25) is 0 Å². The molecule has 0 N–H and O–H groups in total. The molecule has 35 heavy (non-hydrogen) atoms. The Labute approximate surface area is 203 Å². The fraction of sp³-hybridized carbons (Fsp3) is 0.407. The van der Waals surface area contributed by atoms with Gasteiger partial charge in [-0.2, -0.15) is 0 Å². The fourth-order valence-electron chi connectivity index (χ4n) is 4.72. The Morgan fingerprint density at radius 3 is 2.57 bits per heavy atom. The van der Waals surface area contributed by atoms with Crippen molar-refractivity contribution >= 4 is 16.9 Å². The molecule has 3 heterocycles. The number of amides is 1. The largest absolute Gasteiger partial charge is 0.494 e. The third-order valence-electron chi connectivity index (χ3n) is 6.65. The van der Waals surface area contributed by atoms with E-state index in [4.69, 9.17) is 13.9 Å². The second kappa shape index (κ2) is 10.2. The third-order valence-corrected chi connectivity index (χ3v) is 6.65. The van der Waals surface area contributed by atoms with Gasteiger partial charge in [0.25, 0.3) is 5.91 Å². The highest BCUT2D eigenvalue weighted by molar-refractivity contribution is 5.99. The number of unbranched alkanes of at least 4 members (excludes halogenated alkanes) is 1. The number of ether oxygens (including phenoxy) is 2. The molecule has 0 aliphatic carbocycles. The molecule has 1 saturated heterocycles. The van der Waals surface area contributed by atoms with Gasteiger partial charge in [0.2, 0.25) is 5.76 Å². The van der Waals surface area contributed by atoms with Crippen molar-refractivity contribution in [2.24, 2.45) is 0 Å². The van der Waals surface area contributed by atoms with E-state index in [1.807, 2.05) is 24.3 Å². The Kier molecular flexibility index (Phi) is 6.83. The van der Waals surface area contributed by atoms with Crippen molar-refractivity contribution in [2.75, 3.05) is 46.0 Å². The maximum absolute atomic E-state index is 14.0. The Morgan fingerprint density at radius 2 is 1.83 bits per heavy atom. The van der Waals surface area contributed by atoms with Crippen LogP contribution in [0.15, 0.2) is 51.7 Å². The number of benzene rings is 2. The summed E-state index contributed by atoms with van der Waals surface area (Å²) in [5, 5.41) is 0.135. The van der Waals surface area contributed by atoms with Crippen LogP contribution in [0, 0.1) is 5.82 Å². The lowest BCUT2D eigenvalue weighted by molar-refractivity contribution is 0.0314. The minimum Gasteiger partial charge on any atom is -0.494 e. The van der Waals surface area contributed by atoms with Gasteiger partial charge in [0.05, 0.1) is 36.8 Å². The molecule has 7 nitrogen and oxygen atoms in total. The summed E-state index contributed by atoms with van der Waals surface area (Å²) in [5.74, 6) is -0.0863. The first kappa shape index (κ1) is 23.5. The highest BCUT2D eigenvalue weighted by atomic mass is 19.1. The number of carbonyl (C=O) groups is 1. The van der Waals surface area contributed by atoms with Gasteiger partial charge < -0.3 is 18.8 Å². The molecule has 0 spiro atoms. The molecule has 5 rings (SSSR count). The van der Waals surface area contributed by atoms with Gasteiger partial charge in [-0.1, -0.05) is 25.5 Å². The lowest BCUT2D eigenvalue weighted by Gasteiger charge is -2.31. The minimum atomic E-state index is -0.618. The quantitative estimate of drug-likeness (QED) is 0.454. The van der Waals surface area contributed by atoms with Crippen LogP contribution in [0.4, 0.5) is 4.39 Å². The summed E-state index contributed by atoms with van der Waals surface area (Å²) in [6.45, 7) is 6.73. The van der Waals surface area contributed by atoms with Crippen LogP contribution in [0.3, 0.4) is 0 Å². The van der Waals surface area contributed by atoms with Crippen LogP contribution < -0.4 is 10.2 Å². The average Bonchev–Trinajstić information content (AvgIpc) is 3.16. The molecule has 2 aromatic carbocycles. The van der Waals surface area contributed by atoms with Crippen LogP contribution in [0.1, 0.15) is 47.5 Å². The fourth-order valence-corrected chi connectivity index (χ4v) is 4.72. The summed E-state index contributed by atoms with van der Waals surface area (Å²) in [5.41, 5.74) is 0.868. The van der Waals surface area contributed by atoms with Crippen molar-refractivity contribution in [3.63, 3.8) is 0 Å². The molecule has 1 unspecified atom stereocenters. The number of hydrogen-bond donors (Lipinski definition) is 0. The number of carbonyl (C=O) groups excluding carboxylic acids is 1. The van der Waals surface area contributed by atoms with Crippen molar-refractivity contribution in [2.45, 2.75) is 25.8 Å². The molecule has 3 aromatic rings. The zero-order chi connectivity index (χ0) is 24.4. The first-order valence-electron chi connectivity index (χ1n) is 12.2. The molecule has 0 bridgehead atoms. The van der Waals surface area contributed by atoms with Gasteiger partial charge in [-0.3, -0.25) is 14.5 Å². The second-order valence-corrected chi connectivity index (χ2v) is 8.94. The molecule has 8 heteroatoms. The maximum atomic E-state index is 14.0. The van der Waals surface area contributed by atoms with E-state index in [0.717, 1.165) is 37.2 Å². The standard InChI is InChI=1S/C27H29FN2O5/c1-2-3-14-34-20-7-4-18(5-8-20)24-23-25(31)21-17-19(28)6-9-22(21)35-26(23)27(32)30(24)11-10-29-12-15-33-16-13-29/h4-9,17,24H,2-3,10-16H2,1H3. The van der Waals surface area contributed by atoms with Crippen molar-refractivity contribution in [3.05, 3.63) is 75.4 Å². The third kappa shape index (κ3) is 4.68. The van der Waals surface area contributed by atoms with Crippen LogP contribution in [0.5, 0.6) is 5.75 Å². The highest BCUT2D eigenvalue weighted by Gasteiger charge is 2.42. The van der Waals surface area contributed by atoms with Gasteiger partial charge in [0, 0.05) is 26.2 Å². The molecule has 2 aliphatic heterocycles. The summed E-state index contributed by atoms with van der Waals surface area (Å²) < 4.78 is 31.1. The SMILES string of the molecule is CCCCOc1ccc(C2c3c(oc4ccc(F)cc4c3=O)C(=O)N2CCN2CCOCC2)cc1. The van der Waals surface area contributed by atoms with Gasteiger partial charge in [-0.25, -0.2) is 4.39 Å². The molecule has 0 saturated carbocycles. The van der Waals surface area contributed by atoms with E-state index < -0.39 is 11.9 Å². The van der Waals surface area contributed by atoms with Gasteiger partial charge in [-0.05, 0) is 42.3 Å². The zero-order valence-electron chi connectivity index (χ0n) is 19.8. The number of hydrogen-bond acceptors (Lipinski definition) is 6. The molecule has 1 atom stereocenters. The number of rotatable bonds is 8. The van der Waals surface area contributed by atoms with Gasteiger partial charge in [0.15, 0.2) is 5.43 Å². The smallest absolute Gasteiger partial charge is 0.290 e. The van der Waals surface area contributed by atoms with Crippen LogP contribution >= 0.6 is 0 Å². The van der Waals surface area contributed by atoms with E-state index in [-0.39, 0.29) is 33.6 Å². The monoisotopic (exact) mass is 480 g/mol. The predicted molar refractivity (Wildman–Crippen MR) is 129 cm³/mol. The van der Waals surface area contributed by atoms with Crippen molar-refractivity contribution in [1.82, 2.24) is 9.80 Å². The van der Waals surface area contributed by atoms with Crippen molar-refractivity contribution < 1.29 is 23.1 Å². The molecular formula is C27H29FN2O5. The van der Waals surface area contributed by atoms with Gasteiger partial charge in [0.1, 0.15) is 17.1 Å². The van der Waals surface area contributed by atoms with Crippen LogP contribution in [-0.4, -0.2) is 61.7 Å². The number of halogens is 1. The second-order valence-electron chi connectivity index (χ2n) is 8.94. The van der Waals surface area contributed by atoms with Crippen molar-refractivity contribution in [1.29, 1.82) is 0 Å². The molecule has 1 amide bonds. The Balaban J connectivity index is 1.52. The van der Waals surface area contributed by atoms with Gasteiger partial charge >= 0.3 is 0 Å². The normalized spacial score (nSPS) is 18.3. The Morgan fingerprint density at radius 1 is 1.06 bits per heavy atom. The summed E-state index contributed by atoms with van der Waals surface area (Å²) >= 11 is 0. The zero-order valence-corrected chi connectivity index (χ0v) is 19.8. The summed E-state index contributed by atoms with van der Waals surface area (Å²) in [6.07, 6.45) is 2.01. The van der Waals surface area contributed by atoms with E-state index in [0.29, 0.717) is 32.9 Å². The van der Waals surface area contributed by atoms with Crippen LogP contribution in [0.25, 0.3) is 11.0 Å². The first-order chi connectivity index (χ1) is 17.1. The summed E-state index contributed by atoms with van der Waals surface area (Å²) in [6, 6.07) is 10.6. The summed E-state index contributed by atoms with van der Waals surface area (Å²) in [4.78, 5) is 31.0. The Bertz CT molecular complexity index is 1270. The number of morpholine rings is 1. The first-order valence-corrected chi connectivity index (χ1v) is 12.2. The topological polar surface area (TPSA) is 72.2 Å².